The maximum atomic E-state index is 14.7. The molecule has 46 heavy (non-hydrogen) atoms. The average Bonchev–Trinajstić information content (AvgIpc) is 3.75. The van der Waals surface area contributed by atoms with E-state index in [0.717, 1.165) is 31.0 Å². The monoisotopic (exact) mass is 665 g/mol. The molecule has 0 saturated heterocycles. The number of aromatic nitrogens is 1. The molecule has 2 aliphatic rings. The summed E-state index contributed by atoms with van der Waals surface area (Å²) in [5.41, 5.74) is -1.29. The van der Waals surface area contributed by atoms with Gasteiger partial charge in [0.2, 0.25) is 11.5 Å². The van der Waals surface area contributed by atoms with Crippen molar-refractivity contribution in [3.05, 3.63) is 70.1 Å². The summed E-state index contributed by atoms with van der Waals surface area (Å²) in [7, 11) is 1.33. The smallest absolute Gasteiger partial charge is 0.424 e. The molecule has 244 valence electrons. The number of hydrogen-bond acceptors (Lipinski definition) is 7. The third-order valence-corrected chi connectivity index (χ3v) is 8.12. The van der Waals surface area contributed by atoms with E-state index < -0.39 is 53.1 Å². The highest BCUT2D eigenvalue weighted by molar-refractivity contribution is 6.31. The summed E-state index contributed by atoms with van der Waals surface area (Å²) < 4.78 is 68.9. The topological polar surface area (TPSA) is 165 Å². The average molecular weight is 666 g/mol. The second kappa shape index (κ2) is 11.9. The van der Waals surface area contributed by atoms with E-state index in [0.29, 0.717) is 0 Å². The van der Waals surface area contributed by atoms with E-state index in [1.54, 1.807) is 0 Å². The maximum absolute atomic E-state index is 14.7. The third-order valence-electron chi connectivity index (χ3n) is 7.83. The number of anilines is 1. The van der Waals surface area contributed by atoms with Crippen molar-refractivity contribution in [2.24, 2.45) is 5.73 Å². The van der Waals surface area contributed by atoms with Gasteiger partial charge in [-0.1, -0.05) is 11.6 Å². The van der Waals surface area contributed by atoms with Crippen molar-refractivity contribution in [3.8, 4) is 22.8 Å². The number of nitrogens with zero attached hydrogens (tertiary/aromatic N) is 1. The highest BCUT2D eigenvalue weighted by Gasteiger charge is 2.57. The van der Waals surface area contributed by atoms with Gasteiger partial charge >= 0.3 is 12.2 Å². The molecule has 16 heteroatoms. The second-order valence-corrected chi connectivity index (χ2v) is 11.6. The molecule has 6 N–H and O–H groups in total. The van der Waals surface area contributed by atoms with Crippen molar-refractivity contribution in [3.63, 3.8) is 0 Å². The number of alkyl halides is 3. The Morgan fingerprint density at radius 2 is 1.89 bits per heavy atom. The molecule has 2 heterocycles. The molecule has 11 nitrogen and oxygen atoms in total. The van der Waals surface area contributed by atoms with Crippen LogP contribution in [0.3, 0.4) is 0 Å². The molecule has 1 saturated carbocycles. The highest BCUT2D eigenvalue weighted by Crippen LogP contribution is 2.48. The van der Waals surface area contributed by atoms with Crippen molar-refractivity contribution in [2.75, 3.05) is 25.6 Å². The number of halogens is 5. The summed E-state index contributed by atoms with van der Waals surface area (Å²) in [6.07, 6.45) is -3.78. The fraction of sp³-hybridized carbons (Fsp3) is 0.333. The number of nitrogens with one attached hydrogen (secondary N) is 3. The number of fused-ring (bicyclic) bond motifs is 1. The number of rotatable bonds is 9. The Morgan fingerprint density at radius 1 is 1.17 bits per heavy atom. The molecule has 1 aliphatic carbocycles. The number of urea groups is 1. The van der Waals surface area contributed by atoms with Crippen LogP contribution in [0.5, 0.6) is 11.5 Å². The van der Waals surface area contributed by atoms with Crippen LogP contribution in [0.1, 0.15) is 41.4 Å². The summed E-state index contributed by atoms with van der Waals surface area (Å²) in [6.45, 7) is -0.421. The molecule has 0 bridgehead atoms. The van der Waals surface area contributed by atoms with Crippen LogP contribution in [-0.2, 0) is 15.8 Å². The van der Waals surface area contributed by atoms with Crippen LogP contribution in [0.15, 0.2) is 42.5 Å². The lowest BCUT2D eigenvalue weighted by Gasteiger charge is -2.31. The predicted octanol–water partition coefficient (Wildman–Crippen LogP) is 4.15. The first kappa shape index (κ1) is 32.8. The van der Waals surface area contributed by atoms with Crippen molar-refractivity contribution in [1.29, 1.82) is 0 Å². The normalized spacial score (nSPS) is 18.5. The van der Waals surface area contributed by atoms with Gasteiger partial charge in [-0.2, -0.15) is 13.2 Å². The molecular weight excluding hydrogens is 638 g/mol. The van der Waals surface area contributed by atoms with Gasteiger partial charge in [-0.15, -0.1) is 0 Å². The largest absolute Gasteiger partial charge is 0.495 e. The summed E-state index contributed by atoms with van der Waals surface area (Å²) in [4.78, 5) is 41.8. The summed E-state index contributed by atoms with van der Waals surface area (Å²) >= 11 is 5.92. The number of ether oxygens (including phenoxy) is 2. The van der Waals surface area contributed by atoms with Crippen LogP contribution in [0.4, 0.5) is 28.0 Å². The fourth-order valence-electron chi connectivity index (χ4n) is 4.80. The zero-order valence-corrected chi connectivity index (χ0v) is 25.1. The molecule has 1 unspecified atom stereocenters. The van der Waals surface area contributed by atoms with E-state index in [1.165, 1.54) is 38.3 Å². The van der Waals surface area contributed by atoms with E-state index in [4.69, 9.17) is 26.8 Å². The molecule has 0 spiro atoms. The Morgan fingerprint density at radius 3 is 2.50 bits per heavy atom. The number of amides is 4. The number of hydrogen-bond donors (Lipinski definition) is 5. The zero-order chi connectivity index (χ0) is 33.6. The minimum atomic E-state index is -5.42. The minimum Gasteiger partial charge on any atom is -0.495 e. The second-order valence-electron chi connectivity index (χ2n) is 11.2. The van der Waals surface area contributed by atoms with E-state index in [1.807, 2.05) is 0 Å². The first-order valence-electron chi connectivity index (χ1n) is 13.8. The van der Waals surface area contributed by atoms with Gasteiger partial charge in [0.1, 0.15) is 35.0 Å². The first-order valence-corrected chi connectivity index (χ1v) is 14.2. The Kier molecular flexibility index (Phi) is 8.51. The van der Waals surface area contributed by atoms with E-state index >= 15 is 0 Å². The van der Waals surface area contributed by atoms with Gasteiger partial charge in [0.25, 0.3) is 5.91 Å². The van der Waals surface area contributed by atoms with Gasteiger partial charge in [-0.25, -0.2) is 14.2 Å². The predicted molar refractivity (Wildman–Crippen MR) is 157 cm³/mol. The van der Waals surface area contributed by atoms with E-state index in [-0.39, 0.29) is 57.2 Å². The number of benzene rings is 2. The third kappa shape index (κ3) is 6.11. The lowest BCUT2D eigenvalue weighted by Crippen LogP contribution is -2.51. The minimum absolute atomic E-state index is 0.0239. The van der Waals surface area contributed by atoms with Crippen molar-refractivity contribution < 1.29 is 46.5 Å². The van der Waals surface area contributed by atoms with E-state index in [2.05, 4.69) is 20.9 Å². The molecule has 1 fully saturated rings. The van der Waals surface area contributed by atoms with Gasteiger partial charge in [0, 0.05) is 22.7 Å². The summed E-state index contributed by atoms with van der Waals surface area (Å²) in [5.74, 6) is -2.69. The quantitative estimate of drug-likeness (QED) is 0.214. The number of aliphatic hydroxyl groups is 1. The SMILES string of the molecule is COc1ccc(C(=O)NCC(O)(c2cc3c(c(-c4ccc(F)c(Cl)c4)n2)OC[C@]3(C)C(N)=O)C(F)(F)F)cc1NC(=O)NC1CC1. The summed E-state index contributed by atoms with van der Waals surface area (Å²) in [6, 6.07) is 7.35. The van der Waals surface area contributed by atoms with Crippen LogP contribution in [-0.4, -0.2) is 60.4 Å². The summed E-state index contributed by atoms with van der Waals surface area (Å²) in [5, 5.41) is 18.2. The number of methoxy groups -OCH3 is 1. The molecule has 0 radical (unpaired) electrons. The van der Waals surface area contributed by atoms with Crippen LogP contribution in [0.2, 0.25) is 5.02 Å². The van der Waals surface area contributed by atoms with E-state index in [9.17, 15) is 37.1 Å². The Labute approximate surface area is 264 Å². The van der Waals surface area contributed by atoms with Gasteiger partial charge in [0.15, 0.2) is 0 Å². The molecule has 1 aliphatic heterocycles. The highest BCUT2D eigenvalue weighted by atomic mass is 35.5. The van der Waals surface area contributed by atoms with Crippen molar-refractivity contribution in [2.45, 2.75) is 43.0 Å². The van der Waals surface area contributed by atoms with Gasteiger partial charge in [-0.3, -0.25) is 9.59 Å². The zero-order valence-electron chi connectivity index (χ0n) is 24.4. The number of pyridine rings is 1. The molecule has 1 aromatic heterocycles. The Balaban J connectivity index is 1.51. The molecule has 2 atom stereocenters. The molecular formula is C30H28ClF4N5O6. The van der Waals surface area contributed by atoms with Gasteiger partial charge < -0.3 is 36.3 Å². The molecule has 4 amide bonds. The number of primary amides is 1. The number of nitrogens with two attached hydrogens (primary N) is 1. The van der Waals surface area contributed by atoms with Crippen LogP contribution in [0.25, 0.3) is 11.3 Å². The first-order chi connectivity index (χ1) is 21.6. The lowest BCUT2D eigenvalue weighted by atomic mass is 9.81. The standard InChI is InChI=1S/C30H28ClF4N5O6/c1-28(26(36)42)13-46-24-17(28)11-22(40-23(24)14-3-7-19(32)18(31)9-14)29(44,30(33,34)35)12-37-25(41)15-4-8-21(45-2)20(10-15)39-27(43)38-16-5-6-16/h3-4,7-11,16,44H,5-6,12-13H2,1-2H3,(H2,36,42)(H,37,41)(H2,38,39,43)/t28-,29?/m0/s1. The molecule has 5 rings (SSSR count). The Bertz CT molecular complexity index is 1740. The molecule has 2 aromatic carbocycles. The van der Waals surface area contributed by atoms with Crippen molar-refractivity contribution >= 4 is 35.1 Å². The fourth-order valence-corrected chi connectivity index (χ4v) is 4.98. The maximum Gasteiger partial charge on any atom is 0.424 e. The lowest BCUT2D eigenvalue weighted by molar-refractivity contribution is -0.265. The Hall–Kier alpha value is -4.63. The number of carbonyl (C=O) groups is 3. The van der Waals surface area contributed by atoms with Crippen molar-refractivity contribution in [1.82, 2.24) is 15.6 Å². The van der Waals surface area contributed by atoms with Crippen LogP contribution < -0.4 is 31.2 Å². The molecule has 3 aromatic rings. The van der Waals surface area contributed by atoms with Crippen LogP contribution >= 0.6 is 11.6 Å². The number of carbonyl (C=O) groups excluding carboxylic acids is 3. The van der Waals surface area contributed by atoms with Gasteiger partial charge in [0.05, 0.1) is 30.1 Å². The van der Waals surface area contributed by atoms with Gasteiger partial charge in [-0.05, 0) is 62.2 Å². The van der Waals surface area contributed by atoms with Crippen LogP contribution in [0, 0.1) is 5.82 Å².